The lowest BCUT2D eigenvalue weighted by Gasteiger charge is -2.26. The van der Waals surface area contributed by atoms with Crippen molar-refractivity contribution in [1.29, 1.82) is 0 Å². The van der Waals surface area contributed by atoms with Crippen molar-refractivity contribution in [3.63, 3.8) is 0 Å². The molecule has 1 aromatic heterocycles. The van der Waals surface area contributed by atoms with Gasteiger partial charge in [0.1, 0.15) is 6.10 Å². The first-order valence-corrected chi connectivity index (χ1v) is 6.06. The van der Waals surface area contributed by atoms with Gasteiger partial charge in [0.15, 0.2) is 0 Å². The molecular weight excluding hydrogens is 256 g/mol. The largest absolute Gasteiger partial charge is 0.386 e. The van der Waals surface area contributed by atoms with Crippen molar-refractivity contribution in [1.82, 2.24) is 9.78 Å². The zero-order valence-corrected chi connectivity index (χ0v) is 11.4. The van der Waals surface area contributed by atoms with Gasteiger partial charge in [0.25, 0.3) is 0 Å². The molecule has 1 atom stereocenters. The molecule has 4 heteroatoms. The van der Waals surface area contributed by atoms with Crippen LogP contribution in [0.25, 0.3) is 0 Å². The van der Waals surface area contributed by atoms with Crippen molar-refractivity contribution in [3.8, 4) is 0 Å². The summed E-state index contributed by atoms with van der Waals surface area (Å²) in [4.78, 5) is 0. The monoisotopic (exact) mass is 274 g/mol. The molecule has 86 valence electrons. The van der Waals surface area contributed by atoms with Crippen molar-refractivity contribution in [2.45, 2.75) is 46.8 Å². The van der Waals surface area contributed by atoms with Crippen LogP contribution in [0, 0.1) is 5.41 Å². The van der Waals surface area contributed by atoms with E-state index in [2.05, 4.69) is 28.0 Å². The number of aliphatic hydroxyl groups is 1. The molecule has 1 heterocycles. The molecule has 1 unspecified atom stereocenters. The summed E-state index contributed by atoms with van der Waals surface area (Å²) < 4.78 is 2.76. The third kappa shape index (κ3) is 2.82. The molecule has 0 amide bonds. The van der Waals surface area contributed by atoms with Gasteiger partial charge in [0.2, 0.25) is 0 Å². The Bertz CT molecular complexity index is 328. The zero-order chi connectivity index (χ0) is 11.6. The Morgan fingerprint density at radius 2 is 2.13 bits per heavy atom. The zero-order valence-electron chi connectivity index (χ0n) is 9.79. The standard InChI is InChI=1S/C11H19BrN2O/c1-5-6-14-9(8(12)7-13-14)10(15)11(2,3)4/h7,10,15H,5-6H2,1-4H3. The molecule has 0 aliphatic heterocycles. The average molecular weight is 275 g/mol. The predicted octanol–water partition coefficient (Wildman–Crippen LogP) is 3.14. The molecule has 0 aliphatic rings. The van der Waals surface area contributed by atoms with Gasteiger partial charge in [-0.05, 0) is 27.8 Å². The SMILES string of the molecule is CCCn1ncc(Br)c1C(O)C(C)(C)C. The Morgan fingerprint density at radius 1 is 1.53 bits per heavy atom. The van der Waals surface area contributed by atoms with Crippen LogP contribution in [0.4, 0.5) is 0 Å². The highest BCUT2D eigenvalue weighted by molar-refractivity contribution is 9.10. The van der Waals surface area contributed by atoms with Gasteiger partial charge in [-0.3, -0.25) is 4.68 Å². The normalized spacial score (nSPS) is 14.3. The Balaban J connectivity index is 3.06. The number of aromatic nitrogens is 2. The second kappa shape index (κ2) is 4.66. The topological polar surface area (TPSA) is 38.0 Å². The van der Waals surface area contributed by atoms with E-state index in [-0.39, 0.29) is 5.41 Å². The molecule has 0 saturated carbocycles. The Morgan fingerprint density at radius 3 is 2.60 bits per heavy atom. The number of nitrogens with zero attached hydrogens (tertiary/aromatic N) is 2. The van der Waals surface area contributed by atoms with Gasteiger partial charge >= 0.3 is 0 Å². The third-order valence-corrected chi connectivity index (χ3v) is 2.96. The van der Waals surface area contributed by atoms with E-state index in [1.54, 1.807) is 6.20 Å². The van der Waals surface area contributed by atoms with E-state index in [1.165, 1.54) is 0 Å². The van der Waals surface area contributed by atoms with Crippen LogP contribution in [0.3, 0.4) is 0 Å². The molecule has 1 N–H and O–H groups in total. The lowest BCUT2D eigenvalue weighted by atomic mass is 9.87. The summed E-state index contributed by atoms with van der Waals surface area (Å²) in [5.41, 5.74) is 0.706. The summed E-state index contributed by atoms with van der Waals surface area (Å²) in [6.45, 7) is 9.01. The highest BCUT2D eigenvalue weighted by Crippen LogP contribution is 2.36. The summed E-state index contributed by atoms with van der Waals surface area (Å²) in [5, 5.41) is 14.5. The van der Waals surface area contributed by atoms with E-state index < -0.39 is 6.10 Å². The molecule has 3 nitrogen and oxygen atoms in total. The van der Waals surface area contributed by atoms with E-state index in [0.29, 0.717) is 0 Å². The minimum Gasteiger partial charge on any atom is -0.386 e. The second-order valence-corrected chi connectivity index (χ2v) is 5.72. The first-order chi connectivity index (χ1) is 6.88. The van der Waals surface area contributed by atoms with Gasteiger partial charge in [-0.1, -0.05) is 27.7 Å². The maximum atomic E-state index is 10.2. The van der Waals surface area contributed by atoms with Crippen LogP contribution in [-0.4, -0.2) is 14.9 Å². The van der Waals surface area contributed by atoms with Gasteiger partial charge in [-0.25, -0.2) is 0 Å². The molecular formula is C11H19BrN2O. The van der Waals surface area contributed by atoms with Crippen molar-refractivity contribution in [2.75, 3.05) is 0 Å². The lowest BCUT2D eigenvalue weighted by Crippen LogP contribution is -2.21. The fraction of sp³-hybridized carbons (Fsp3) is 0.727. The number of halogens is 1. The lowest BCUT2D eigenvalue weighted by molar-refractivity contribution is 0.0538. The average Bonchev–Trinajstić information content (AvgIpc) is 2.45. The van der Waals surface area contributed by atoms with Gasteiger partial charge in [0, 0.05) is 6.54 Å². The van der Waals surface area contributed by atoms with Gasteiger partial charge < -0.3 is 5.11 Å². The molecule has 0 saturated heterocycles. The molecule has 15 heavy (non-hydrogen) atoms. The van der Waals surface area contributed by atoms with E-state index >= 15 is 0 Å². The smallest absolute Gasteiger partial charge is 0.102 e. The summed E-state index contributed by atoms with van der Waals surface area (Å²) in [6.07, 6.45) is 2.26. The minimum absolute atomic E-state index is 0.173. The van der Waals surface area contributed by atoms with E-state index in [0.717, 1.165) is 23.1 Å². The minimum atomic E-state index is -0.499. The maximum Gasteiger partial charge on any atom is 0.102 e. The van der Waals surface area contributed by atoms with Crippen LogP contribution in [0.1, 0.15) is 45.9 Å². The van der Waals surface area contributed by atoms with Gasteiger partial charge in [-0.2, -0.15) is 5.10 Å². The number of rotatable bonds is 3. The van der Waals surface area contributed by atoms with Crippen LogP contribution in [0.15, 0.2) is 10.7 Å². The van der Waals surface area contributed by atoms with E-state index in [1.807, 2.05) is 25.5 Å². The molecule has 0 spiro atoms. The summed E-state index contributed by atoms with van der Waals surface area (Å²) in [6, 6.07) is 0. The molecule has 0 bridgehead atoms. The Labute approximate surface area is 99.6 Å². The fourth-order valence-electron chi connectivity index (χ4n) is 1.44. The molecule has 1 aromatic rings. The first kappa shape index (κ1) is 12.7. The number of hydrogen-bond acceptors (Lipinski definition) is 2. The summed E-state index contributed by atoms with van der Waals surface area (Å²) in [5.74, 6) is 0. The van der Waals surface area contributed by atoms with Crippen LogP contribution in [0.5, 0.6) is 0 Å². The highest BCUT2D eigenvalue weighted by atomic mass is 79.9. The van der Waals surface area contributed by atoms with Crippen molar-refractivity contribution in [3.05, 3.63) is 16.4 Å². The maximum absolute atomic E-state index is 10.2. The Hall–Kier alpha value is -0.350. The third-order valence-electron chi connectivity index (χ3n) is 2.35. The number of aliphatic hydroxyl groups excluding tert-OH is 1. The van der Waals surface area contributed by atoms with E-state index in [4.69, 9.17) is 0 Å². The van der Waals surface area contributed by atoms with Crippen molar-refractivity contribution >= 4 is 15.9 Å². The quantitative estimate of drug-likeness (QED) is 0.920. The summed E-state index contributed by atoms with van der Waals surface area (Å²) in [7, 11) is 0. The van der Waals surface area contributed by atoms with Crippen LogP contribution >= 0.6 is 15.9 Å². The molecule has 0 radical (unpaired) electrons. The predicted molar refractivity (Wildman–Crippen MR) is 64.6 cm³/mol. The van der Waals surface area contributed by atoms with Crippen molar-refractivity contribution in [2.24, 2.45) is 5.41 Å². The number of aryl methyl sites for hydroxylation is 1. The van der Waals surface area contributed by atoms with Gasteiger partial charge in [0.05, 0.1) is 16.4 Å². The summed E-state index contributed by atoms with van der Waals surface area (Å²) >= 11 is 3.44. The highest BCUT2D eigenvalue weighted by Gasteiger charge is 2.28. The number of hydrogen-bond donors (Lipinski definition) is 1. The van der Waals surface area contributed by atoms with Crippen LogP contribution in [0.2, 0.25) is 0 Å². The van der Waals surface area contributed by atoms with Crippen LogP contribution in [-0.2, 0) is 6.54 Å². The molecule has 0 aromatic carbocycles. The van der Waals surface area contributed by atoms with Crippen molar-refractivity contribution < 1.29 is 5.11 Å². The first-order valence-electron chi connectivity index (χ1n) is 5.27. The van der Waals surface area contributed by atoms with E-state index in [9.17, 15) is 5.11 Å². The molecule has 0 fully saturated rings. The molecule has 0 aliphatic carbocycles. The van der Waals surface area contributed by atoms with Gasteiger partial charge in [-0.15, -0.1) is 0 Å². The fourth-order valence-corrected chi connectivity index (χ4v) is 1.96. The van der Waals surface area contributed by atoms with Crippen LogP contribution < -0.4 is 0 Å². The molecule has 1 rings (SSSR count). The Kier molecular flexibility index (Phi) is 3.95. The second-order valence-electron chi connectivity index (χ2n) is 4.87.